The number of likely N-dealkylation sites (tertiary alicyclic amines) is 1. The summed E-state index contributed by atoms with van der Waals surface area (Å²) >= 11 is 8.24. The fraction of sp³-hybridized carbons (Fsp3) is 0.550. The van der Waals surface area contributed by atoms with E-state index in [0.29, 0.717) is 17.1 Å². The molecule has 1 aromatic carbocycles. The predicted octanol–water partition coefficient (Wildman–Crippen LogP) is 4.77. The van der Waals surface area contributed by atoms with Crippen molar-refractivity contribution in [1.82, 2.24) is 14.8 Å². The van der Waals surface area contributed by atoms with E-state index < -0.39 is 0 Å². The second-order valence-corrected chi connectivity index (χ2v) is 8.38. The lowest BCUT2D eigenvalue weighted by molar-refractivity contribution is 0.0787. The molecular weight excluding hydrogens is 350 g/mol. The van der Waals surface area contributed by atoms with E-state index in [1.165, 1.54) is 29.8 Å². The molecule has 5 heteroatoms. The highest BCUT2D eigenvalue weighted by Gasteiger charge is 2.28. The van der Waals surface area contributed by atoms with E-state index in [2.05, 4.69) is 66.2 Å². The highest BCUT2D eigenvalue weighted by atomic mass is 35.5. The van der Waals surface area contributed by atoms with Gasteiger partial charge in [-0.25, -0.2) is 4.98 Å². The van der Waals surface area contributed by atoms with E-state index in [1.807, 2.05) is 0 Å². The molecule has 2 atom stereocenters. The van der Waals surface area contributed by atoms with Crippen LogP contribution in [0.1, 0.15) is 25.8 Å². The van der Waals surface area contributed by atoms with Gasteiger partial charge in [0.15, 0.2) is 0 Å². The Morgan fingerprint density at radius 2 is 2.16 bits per heavy atom. The van der Waals surface area contributed by atoms with E-state index in [1.54, 1.807) is 11.8 Å². The summed E-state index contributed by atoms with van der Waals surface area (Å²) in [5.74, 6) is 0.676. The molecule has 0 unspecified atom stereocenters. The first-order chi connectivity index (χ1) is 12.0. The largest absolute Gasteiger partial charge is 0.303 e. The van der Waals surface area contributed by atoms with E-state index in [-0.39, 0.29) is 0 Å². The van der Waals surface area contributed by atoms with Gasteiger partial charge in [-0.1, -0.05) is 31.5 Å². The Morgan fingerprint density at radius 3 is 2.84 bits per heavy atom. The van der Waals surface area contributed by atoms with E-state index in [4.69, 9.17) is 11.6 Å². The Labute approximate surface area is 160 Å². The van der Waals surface area contributed by atoms with Crippen LogP contribution in [0.15, 0.2) is 29.2 Å². The summed E-state index contributed by atoms with van der Waals surface area (Å²) in [6, 6.07) is 9.22. The van der Waals surface area contributed by atoms with Crippen LogP contribution in [0, 0.1) is 5.92 Å². The SMILES string of the molecule is CCN1CC[C@@H](N(C)Cc2cc3ccc(SC)cc3nc2Cl)[C@@H](C)C1. The molecule has 1 aromatic heterocycles. The zero-order valence-electron chi connectivity index (χ0n) is 15.6. The molecule has 1 aliphatic rings. The van der Waals surface area contributed by atoms with Crippen molar-refractivity contribution in [1.29, 1.82) is 0 Å². The number of hydrogen-bond acceptors (Lipinski definition) is 4. The lowest BCUT2D eigenvalue weighted by Gasteiger charge is -2.41. The van der Waals surface area contributed by atoms with Crippen LogP contribution in [-0.4, -0.2) is 53.8 Å². The molecule has 0 N–H and O–H groups in total. The van der Waals surface area contributed by atoms with E-state index in [0.717, 1.165) is 24.2 Å². The molecule has 0 bridgehead atoms. The third kappa shape index (κ3) is 4.30. The van der Waals surface area contributed by atoms with Crippen molar-refractivity contribution >= 4 is 34.3 Å². The van der Waals surface area contributed by atoms with Crippen molar-refractivity contribution < 1.29 is 0 Å². The van der Waals surface area contributed by atoms with Gasteiger partial charge in [-0.15, -0.1) is 11.8 Å². The van der Waals surface area contributed by atoms with Gasteiger partial charge in [0.1, 0.15) is 5.15 Å². The molecule has 25 heavy (non-hydrogen) atoms. The number of halogens is 1. The highest BCUT2D eigenvalue weighted by Crippen LogP contribution is 2.27. The Hall–Kier alpha value is -0.810. The van der Waals surface area contributed by atoms with Crippen LogP contribution < -0.4 is 0 Å². The van der Waals surface area contributed by atoms with Gasteiger partial charge >= 0.3 is 0 Å². The molecule has 0 radical (unpaired) electrons. The maximum absolute atomic E-state index is 6.51. The van der Waals surface area contributed by atoms with Crippen molar-refractivity contribution in [2.45, 2.75) is 37.8 Å². The van der Waals surface area contributed by atoms with Gasteiger partial charge in [0.05, 0.1) is 5.52 Å². The fourth-order valence-corrected chi connectivity index (χ4v) is 4.59. The number of fused-ring (bicyclic) bond motifs is 1. The number of hydrogen-bond donors (Lipinski definition) is 0. The number of piperidine rings is 1. The van der Waals surface area contributed by atoms with Crippen LogP contribution in [0.3, 0.4) is 0 Å². The molecule has 136 valence electrons. The summed E-state index contributed by atoms with van der Waals surface area (Å²) in [6.07, 6.45) is 3.30. The van der Waals surface area contributed by atoms with Crippen LogP contribution in [0.5, 0.6) is 0 Å². The molecule has 0 saturated carbocycles. The van der Waals surface area contributed by atoms with Crippen molar-refractivity contribution in [3.8, 4) is 0 Å². The minimum Gasteiger partial charge on any atom is -0.303 e. The minimum atomic E-state index is 0.605. The van der Waals surface area contributed by atoms with Crippen LogP contribution in [-0.2, 0) is 6.54 Å². The van der Waals surface area contributed by atoms with Crippen LogP contribution in [0.2, 0.25) is 5.15 Å². The predicted molar refractivity (Wildman–Crippen MR) is 110 cm³/mol. The third-order valence-electron chi connectivity index (χ3n) is 5.43. The number of benzene rings is 1. The molecule has 1 fully saturated rings. The molecule has 0 amide bonds. The fourth-order valence-electron chi connectivity index (χ4n) is 3.95. The van der Waals surface area contributed by atoms with E-state index in [9.17, 15) is 0 Å². The Morgan fingerprint density at radius 1 is 1.36 bits per heavy atom. The van der Waals surface area contributed by atoms with Crippen LogP contribution in [0.25, 0.3) is 10.9 Å². The zero-order chi connectivity index (χ0) is 18.0. The maximum atomic E-state index is 6.51. The molecule has 1 saturated heterocycles. The van der Waals surface area contributed by atoms with E-state index >= 15 is 0 Å². The monoisotopic (exact) mass is 377 g/mol. The maximum Gasteiger partial charge on any atom is 0.134 e. The molecule has 2 heterocycles. The van der Waals surface area contributed by atoms with Gasteiger partial charge in [0.2, 0.25) is 0 Å². The first kappa shape index (κ1) is 19.0. The Balaban J connectivity index is 1.76. The topological polar surface area (TPSA) is 19.4 Å². The first-order valence-corrected chi connectivity index (χ1v) is 10.7. The summed E-state index contributed by atoms with van der Waals surface area (Å²) in [5.41, 5.74) is 2.10. The summed E-state index contributed by atoms with van der Waals surface area (Å²) < 4.78 is 0. The average Bonchev–Trinajstić information content (AvgIpc) is 2.61. The second-order valence-electron chi connectivity index (χ2n) is 7.14. The van der Waals surface area contributed by atoms with Crippen molar-refractivity contribution in [3.05, 3.63) is 35.0 Å². The lowest BCUT2D eigenvalue weighted by Crippen LogP contribution is -2.48. The van der Waals surface area contributed by atoms with Gasteiger partial charge < -0.3 is 4.90 Å². The Bertz CT molecular complexity index is 736. The van der Waals surface area contributed by atoms with Crippen molar-refractivity contribution in [2.24, 2.45) is 5.92 Å². The Kier molecular flexibility index (Phi) is 6.26. The number of aromatic nitrogens is 1. The molecule has 1 aliphatic heterocycles. The molecule has 3 nitrogen and oxygen atoms in total. The second kappa shape index (κ2) is 8.26. The summed E-state index contributed by atoms with van der Waals surface area (Å²) in [4.78, 5) is 10.9. The highest BCUT2D eigenvalue weighted by molar-refractivity contribution is 7.98. The summed E-state index contributed by atoms with van der Waals surface area (Å²) in [5, 5.41) is 1.80. The van der Waals surface area contributed by atoms with Gasteiger partial charge in [-0.3, -0.25) is 4.90 Å². The quantitative estimate of drug-likeness (QED) is 0.551. The first-order valence-electron chi connectivity index (χ1n) is 9.07. The van der Waals surface area contributed by atoms with Gasteiger partial charge in [-0.05, 0) is 56.9 Å². The number of nitrogens with zero attached hydrogens (tertiary/aromatic N) is 3. The van der Waals surface area contributed by atoms with Crippen molar-refractivity contribution in [3.63, 3.8) is 0 Å². The molecule has 2 aromatic rings. The summed E-state index contributed by atoms with van der Waals surface area (Å²) in [7, 11) is 2.22. The summed E-state index contributed by atoms with van der Waals surface area (Å²) in [6.45, 7) is 9.00. The number of thioether (sulfide) groups is 1. The van der Waals surface area contributed by atoms with Crippen LogP contribution in [0.4, 0.5) is 0 Å². The van der Waals surface area contributed by atoms with Gasteiger partial charge in [-0.2, -0.15) is 0 Å². The normalized spacial score (nSPS) is 22.0. The minimum absolute atomic E-state index is 0.605. The lowest BCUT2D eigenvalue weighted by atomic mass is 9.92. The number of rotatable bonds is 5. The molecular formula is C20H28ClN3S. The van der Waals surface area contributed by atoms with Crippen LogP contribution >= 0.6 is 23.4 Å². The molecule has 0 spiro atoms. The standard InChI is InChI=1S/C20H28ClN3S/c1-5-24-9-8-19(14(2)12-24)23(3)13-16-10-15-6-7-17(25-4)11-18(15)22-20(16)21/h6-7,10-11,14,19H,5,8-9,12-13H2,1-4H3/t14-,19+/m0/s1. The third-order valence-corrected chi connectivity index (χ3v) is 6.48. The molecule has 3 rings (SSSR count). The van der Waals surface area contributed by atoms with Gasteiger partial charge in [0, 0.05) is 35.0 Å². The number of pyridine rings is 1. The average molecular weight is 378 g/mol. The zero-order valence-corrected chi connectivity index (χ0v) is 17.2. The smallest absolute Gasteiger partial charge is 0.134 e. The van der Waals surface area contributed by atoms with Gasteiger partial charge in [0.25, 0.3) is 0 Å². The molecule has 0 aliphatic carbocycles. The van der Waals surface area contributed by atoms with Crippen molar-refractivity contribution in [2.75, 3.05) is 32.9 Å².